The number of amides is 1. The van der Waals surface area contributed by atoms with Gasteiger partial charge in [-0.3, -0.25) is 4.79 Å². The normalized spacial score (nSPS) is 10.3. The third kappa shape index (κ3) is 3.84. The molecule has 0 fully saturated rings. The van der Waals surface area contributed by atoms with Crippen molar-refractivity contribution in [3.63, 3.8) is 0 Å². The second-order valence-electron chi connectivity index (χ2n) is 4.13. The van der Waals surface area contributed by atoms with Crippen LogP contribution in [0.25, 0.3) is 0 Å². The van der Waals surface area contributed by atoms with E-state index in [2.05, 4.69) is 15.9 Å². The van der Waals surface area contributed by atoms with Gasteiger partial charge < -0.3 is 14.1 Å². The zero-order chi connectivity index (χ0) is 14.5. The first-order chi connectivity index (χ1) is 9.56. The van der Waals surface area contributed by atoms with Gasteiger partial charge in [0.1, 0.15) is 18.2 Å². The molecule has 106 valence electrons. The topological polar surface area (TPSA) is 42.7 Å². The van der Waals surface area contributed by atoms with Crippen LogP contribution < -0.4 is 4.74 Å². The number of carbonyl (C=O) groups excluding carboxylic acids is 1. The molecule has 6 heteroatoms. The highest BCUT2D eigenvalue weighted by Crippen LogP contribution is 2.15. The van der Waals surface area contributed by atoms with Crippen molar-refractivity contribution >= 4 is 21.8 Å². The van der Waals surface area contributed by atoms with E-state index in [1.165, 1.54) is 17.0 Å². The van der Waals surface area contributed by atoms with Gasteiger partial charge in [0.2, 0.25) is 0 Å². The molecule has 0 unspecified atom stereocenters. The van der Waals surface area contributed by atoms with E-state index >= 15 is 0 Å². The third-order valence-electron chi connectivity index (χ3n) is 2.64. The Morgan fingerprint density at radius 3 is 2.60 bits per heavy atom. The Bertz CT molecular complexity index is 582. The summed E-state index contributed by atoms with van der Waals surface area (Å²) in [5, 5.41) is 0. The maximum Gasteiger partial charge on any atom is 0.289 e. The second kappa shape index (κ2) is 6.56. The second-order valence-corrected chi connectivity index (χ2v) is 4.91. The van der Waals surface area contributed by atoms with Gasteiger partial charge in [-0.15, -0.1) is 0 Å². The van der Waals surface area contributed by atoms with Crippen LogP contribution in [-0.2, 0) is 0 Å². The number of furan rings is 1. The summed E-state index contributed by atoms with van der Waals surface area (Å²) >= 11 is 3.15. The van der Waals surface area contributed by atoms with E-state index in [0.717, 1.165) is 0 Å². The molecule has 0 radical (unpaired) electrons. The Morgan fingerprint density at radius 2 is 2.00 bits per heavy atom. The molecule has 0 N–H and O–H groups in total. The molecule has 0 aliphatic rings. The molecule has 0 saturated heterocycles. The molecule has 2 rings (SSSR count). The minimum atomic E-state index is -0.312. The number of carbonyl (C=O) groups is 1. The van der Waals surface area contributed by atoms with Crippen molar-refractivity contribution in [1.29, 1.82) is 0 Å². The lowest BCUT2D eigenvalue weighted by Crippen LogP contribution is -2.30. The first-order valence-electron chi connectivity index (χ1n) is 5.95. The van der Waals surface area contributed by atoms with E-state index in [-0.39, 0.29) is 17.5 Å². The highest BCUT2D eigenvalue weighted by molar-refractivity contribution is 9.10. The number of rotatable bonds is 5. The first kappa shape index (κ1) is 14.6. The van der Waals surface area contributed by atoms with Gasteiger partial charge >= 0.3 is 0 Å². The maximum atomic E-state index is 12.7. The molecule has 4 nitrogen and oxygen atoms in total. The number of hydrogen-bond acceptors (Lipinski definition) is 3. The van der Waals surface area contributed by atoms with Crippen LogP contribution in [0.1, 0.15) is 10.6 Å². The van der Waals surface area contributed by atoms with Crippen molar-refractivity contribution in [2.24, 2.45) is 0 Å². The molecule has 2 aromatic rings. The molecule has 0 saturated carbocycles. The summed E-state index contributed by atoms with van der Waals surface area (Å²) < 4.78 is 23.8. The van der Waals surface area contributed by atoms with Gasteiger partial charge in [-0.05, 0) is 52.3 Å². The van der Waals surface area contributed by atoms with E-state index in [0.29, 0.717) is 23.6 Å². The van der Waals surface area contributed by atoms with E-state index in [1.807, 2.05) is 0 Å². The Hall–Kier alpha value is -1.82. The van der Waals surface area contributed by atoms with Crippen LogP contribution >= 0.6 is 15.9 Å². The highest BCUT2D eigenvalue weighted by Gasteiger charge is 2.15. The lowest BCUT2D eigenvalue weighted by atomic mass is 10.3. The Morgan fingerprint density at radius 1 is 1.30 bits per heavy atom. The number of likely N-dealkylation sites (N-methyl/N-ethyl adjacent to an activating group) is 1. The van der Waals surface area contributed by atoms with Crippen molar-refractivity contribution in [3.05, 3.63) is 52.6 Å². The van der Waals surface area contributed by atoms with Crippen molar-refractivity contribution in [2.45, 2.75) is 0 Å². The summed E-state index contributed by atoms with van der Waals surface area (Å²) in [5.41, 5.74) is 0. The fraction of sp³-hybridized carbons (Fsp3) is 0.214. The quantitative estimate of drug-likeness (QED) is 0.837. The average Bonchev–Trinajstić information content (AvgIpc) is 2.86. The van der Waals surface area contributed by atoms with Crippen molar-refractivity contribution in [3.8, 4) is 5.75 Å². The van der Waals surface area contributed by atoms with Crippen LogP contribution in [-0.4, -0.2) is 31.0 Å². The van der Waals surface area contributed by atoms with Gasteiger partial charge in [0.15, 0.2) is 10.4 Å². The molecule has 1 aromatic carbocycles. The van der Waals surface area contributed by atoms with Gasteiger partial charge in [-0.25, -0.2) is 4.39 Å². The molecule has 0 bridgehead atoms. The van der Waals surface area contributed by atoms with Crippen LogP contribution in [0, 0.1) is 5.82 Å². The zero-order valence-electron chi connectivity index (χ0n) is 10.8. The fourth-order valence-electron chi connectivity index (χ4n) is 1.55. The zero-order valence-corrected chi connectivity index (χ0v) is 12.4. The van der Waals surface area contributed by atoms with Crippen LogP contribution in [0.4, 0.5) is 4.39 Å². The third-order valence-corrected chi connectivity index (χ3v) is 3.07. The lowest BCUT2D eigenvalue weighted by molar-refractivity contribution is 0.0741. The molecule has 0 aliphatic carbocycles. The van der Waals surface area contributed by atoms with Gasteiger partial charge in [0.25, 0.3) is 5.91 Å². The molecule has 0 spiro atoms. The number of benzene rings is 1. The predicted octanol–water partition coefficient (Wildman–Crippen LogP) is 3.33. The highest BCUT2D eigenvalue weighted by atomic mass is 79.9. The van der Waals surface area contributed by atoms with E-state index in [1.54, 1.807) is 31.3 Å². The molecule has 1 amide bonds. The van der Waals surface area contributed by atoms with Crippen molar-refractivity contribution in [2.75, 3.05) is 20.2 Å². The SMILES string of the molecule is CN(CCOc1ccc(F)cc1)C(=O)c1ccc(Br)o1. The van der Waals surface area contributed by atoms with Gasteiger partial charge in [-0.1, -0.05) is 0 Å². The summed E-state index contributed by atoms with van der Waals surface area (Å²) in [6.45, 7) is 0.713. The molecule has 0 atom stereocenters. The van der Waals surface area contributed by atoms with E-state index in [4.69, 9.17) is 9.15 Å². The summed E-state index contributed by atoms with van der Waals surface area (Å²) in [5.74, 6) is 0.292. The van der Waals surface area contributed by atoms with Crippen molar-refractivity contribution < 1.29 is 18.3 Å². The minimum Gasteiger partial charge on any atom is -0.492 e. The molecular formula is C14H13BrFNO3. The Balaban J connectivity index is 1.81. The van der Waals surface area contributed by atoms with Gasteiger partial charge in [0, 0.05) is 7.05 Å². The average molecular weight is 342 g/mol. The Kier molecular flexibility index (Phi) is 4.79. The summed E-state index contributed by atoms with van der Waals surface area (Å²) in [6.07, 6.45) is 0. The standard InChI is InChI=1S/C14H13BrFNO3/c1-17(14(18)12-6-7-13(15)20-12)8-9-19-11-4-2-10(16)3-5-11/h2-7H,8-9H2,1H3. The van der Waals surface area contributed by atoms with Gasteiger partial charge in [0.05, 0.1) is 6.54 Å². The van der Waals surface area contributed by atoms with Crippen LogP contribution in [0.5, 0.6) is 5.75 Å². The lowest BCUT2D eigenvalue weighted by Gasteiger charge is -2.16. The molecule has 1 aromatic heterocycles. The van der Waals surface area contributed by atoms with Crippen molar-refractivity contribution in [1.82, 2.24) is 4.90 Å². The summed E-state index contributed by atoms with van der Waals surface area (Å²) in [4.78, 5) is 13.4. The molecular weight excluding hydrogens is 329 g/mol. The summed E-state index contributed by atoms with van der Waals surface area (Å²) in [6, 6.07) is 9.00. The van der Waals surface area contributed by atoms with Crippen LogP contribution in [0.3, 0.4) is 0 Å². The van der Waals surface area contributed by atoms with E-state index in [9.17, 15) is 9.18 Å². The fourth-order valence-corrected chi connectivity index (χ4v) is 1.86. The van der Waals surface area contributed by atoms with Crippen LogP contribution in [0.15, 0.2) is 45.5 Å². The predicted molar refractivity (Wildman–Crippen MR) is 75.3 cm³/mol. The number of nitrogens with zero attached hydrogens (tertiary/aromatic N) is 1. The molecule has 0 aliphatic heterocycles. The first-order valence-corrected chi connectivity index (χ1v) is 6.75. The van der Waals surface area contributed by atoms with E-state index < -0.39 is 0 Å². The number of halogens is 2. The molecule has 1 heterocycles. The van der Waals surface area contributed by atoms with Gasteiger partial charge in [-0.2, -0.15) is 0 Å². The number of ether oxygens (including phenoxy) is 1. The largest absolute Gasteiger partial charge is 0.492 e. The minimum absolute atomic E-state index is 0.224. The smallest absolute Gasteiger partial charge is 0.289 e. The van der Waals surface area contributed by atoms with Crippen LogP contribution in [0.2, 0.25) is 0 Å². The molecule has 20 heavy (non-hydrogen) atoms. The maximum absolute atomic E-state index is 12.7. The Labute approximate surface area is 124 Å². The number of hydrogen-bond donors (Lipinski definition) is 0. The summed E-state index contributed by atoms with van der Waals surface area (Å²) in [7, 11) is 1.66. The monoisotopic (exact) mass is 341 g/mol.